The molecular weight excluding hydrogens is 286 g/mol. The minimum absolute atomic E-state index is 0.00777. The summed E-state index contributed by atoms with van der Waals surface area (Å²) in [5.41, 5.74) is 5.50. The molecular formula is C14H11ClF2N2O. The minimum Gasteiger partial charge on any atom is -0.489 e. The van der Waals surface area contributed by atoms with Crippen LogP contribution in [-0.2, 0) is 6.61 Å². The molecule has 0 aliphatic heterocycles. The molecule has 2 aromatic rings. The summed E-state index contributed by atoms with van der Waals surface area (Å²) in [6.07, 6.45) is 0. The summed E-state index contributed by atoms with van der Waals surface area (Å²) in [5, 5.41) is 7.24. The Balaban J connectivity index is 2.17. The third-order valence-electron chi connectivity index (χ3n) is 2.65. The molecule has 0 fully saturated rings. The van der Waals surface area contributed by atoms with Crippen LogP contribution >= 0.6 is 11.6 Å². The fourth-order valence-corrected chi connectivity index (χ4v) is 1.74. The van der Waals surface area contributed by atoms with E-state index in [1.807, 2.05) is 0 Å². The van der Waals surface area contributed by atoms with Crippen molar-refractivity contribution in [1.29, 1.82) is 5.41 Å². The third-order valence-corrected chi connectivity index (χ3v) is 2.96. The molecule has 0 bridgehead atoms. The summed E-state index contributed by atoms with van der Waals surface area (Å²) in [6, 6.07) is 8.44. The SMILES string of the molecule is N=C(N)c1cccc(COc2ccc(Cl)c(F)c2)c1F. The highest BCUT2D eigenvalue weighted by Gasteiger charge is 2.11. The lowest BCUT2D eigenvalue weighted by Crippen LogP contribution is -2.14. The Bertz CT molecular complexity index is 662. The Hall–Kier alpha value is -2.14. The van der Waals surface area contributed by atoms with Gasteiger partial charge in [-0.15, -0.1) is 0 Å². The second-order valence-electron chi connectivity index (χ2n) is 4.06. The van der Waals surface area contributed by atoms with Crippen molar-refractivity contribution in [3.63, 3.8) is 0 Å². The number of benzene rings is 2. The standard InChI is InChI=1S/C14H11ClF2N2O/c15-11-5-4-9(6-12(11)16)20-7-8-2-1-3-10(13(8)17)14(18)19/h1-6H,7H2,(H3,18,19). The molecule has 3 N–H and O–H groups in total. The molecule has 3 nitrogen and oxygen atoms in total. The molecule has 0 saturated carbocycles. The van der Waals surface area contributed by atoms with Crippen LogP contribution in [0.1, 0.15) is 11.1 Å². The lowest BCUT2D eigenvalue weighted by Gasteiger charge is -2.09. The van der Waals surface area contributed by atoms with Gasteiger partial charge in [-0.1, -0.05) is 23.7 Å². The number of hydrogen-bond acceptors (Lipinski definition) is 2. The summed E-state index contributed by atoms with van der Waals surface area (Å²) in [6.45, 7) is -0.103. The van der Waals surface area contributed by atoms with Gasteiger partial charge in [-0.3, -0.25) is 5.41 Å². The molecule has 0 spiro atoms. The lowest BCUT2D eigenvalue weighted by molar-refractivity contribution is 0.298. The summed E-state index contributed by atoms with van der Waals surface area (Å²) >= 11 is 5.55. The zero-order chi connectivity index (χ0) is 14.7. The second-order valence-corrected chi connectivity index (χ2v) is 4.46. The molecule has 0 aliphatic carbocycles. The quantitative estimate of drug-likeness (QED) is 0.670. The predicted octanol–water partition coefficient (Wildman–Crippen LogP) is 3.48. The number of hydrogen-bond donors (Lipinski definition) is 2. The minimum atomic E-state index is -0.616. The number of nitrogens with one attached hydrogen (secondary N) is 1. The monoisotopic (exact) mass is 296 g/mol. The van der Waals surface area contributed by atoms with Crippen LogP contribution in [0.2, 0.25) is 5.02 Å². The average Bonchev–Trinajstić information content (AvgIpc) is 2.41. The van der Waals surface area contributed by atoms with E-state index in [1.165, 1.54) is 24.3 Å². The maximum Gasteiger partial charge on any atom is 0.145 e. The maximum absolute atomic E-state index is 14.0. The van der Waals surface area contributed by atoms with Gasteiger partial charge in [0.2, 0.25) is 0 Å². The van der Waals surface area contributed by atoms with Gasteiger partial charge in [0.15, 0.2) is 0 Å². The smallest absolute Gasteiger partial charge is 0.145 e. The van der Waals surface area contributed by atoms with E-state index in [-0.39, 0.29) is 34.3 Å². The van der Waals surface area contributed by atoms with Crippen LogP contribution in [0.5, 0.6) is 5.75 Å². The zero-order valence-electron chi connectivity index (χ0n) is 10.3. The van der Waals surface area contributed by atoms with Gasteiger partial charge < -0.3 is 10.5 Å². The van der Waals surface area contributed by atoms with E-state index in [2.05, 4.69) is 0 Å². The fourth-order valence-electron chi connectivity index (χ4n) is 1.63. The van der Waals surface area contributed by atoms with E-state index in [0.29, 0.717) is 0 Å². The number of nitrogens with two attached hydrogens (primary N) is 1. The highest BCUT2D eigenvalue weighted by atomic mass is 35.5. The van der Waals surface area contributed by atoms with Crippen LogP contribution in [0.4, 0.5) is 8.78 Å². The van der Waals surface area contributed by atoms with E-state index >= 15 is 0 Å². The molecule has 0 amide bonds. The molecule has 0 radical (unpaired) electrons. The first-order chi connectivity index (χ1) is 9.49. The van der Waals surface area contributed by atoms with Crippen molar-refractivity contribution in [3.05, 3.63) is 64.2 Å². The molecule has 104 valence electrons. The van der Waals surface area contributed by atoms with Gasteiger partial charge in [0.25, 0.3) is 0 Å². The Morgan fingerprint density at radius 2 is 2.00 bits per heavy atom. The van der Waals surface area contributed by atoms with Crippen LogP contribution < -0.4 is 10.5 Å². The summed E-state index contributed by atoms with van der Waals surface area (Å²) in [7, 11) is 0. The molecule has 2 aromatic carbocycles. The van der Waals surface area contributed by atoms with Gasteiger partial charge in [-0.2, -0.15) is 0 Å². The van der Waals surface area contributed by atoms with E-state index in [9.17, 15) is 8.78 Å². The zero-order valence-corrected chi connectivity index (χ0v) is 11.0. The van der Waals surface area contributed by atoms with E-state index in [4.69, 9.17) is 27.5 Å². The van der Waals surface area contributed by atoms with Crippen molar-refractivity contribution in [2.75, 3.05) is 0 Å². The molecule has 0 saturated heterocycles. The van der Waals surface area contributed by atoms with Gasteiger partial charge in [0.05, 0.1) is 10.6 Å². The van der Waals surface area contributed by atoms with Crippen LogP contribution in [0.25, 0.3) is 0 Å². The molecule has 2 rings (SSSR count). The highest BCUT2D eigenvalue weighted by Crippen LogP contribution is 2.22. The Labute approximate surface area is 119 Å². The lowest BCUT2D eigenvalue weighted by atomic mass is 10.1. The average molecular weight is 297 g/mol. The van der Waals surface area contributed by atoms with Gasteiger partial charge >= 0.3 is 0 Å². The number of rotatable bonds is 4. The van der Waals surface area contributed by atoms with Crippen molar-refractivity contribution in [1.82, 2.24) is 0 Å². The Morgan fingerprint density at radius 1 is 1.25 bits per heavy atom. The maximum atomic E-state index is 14.0. The molecule has 20 heavy (non-hydrogen) atoms. The number of halogens is 3. The van der Waals surface area contributed by atoms with Crippen LogP contribution in [0.3, 0.4) is 0 Å². The number of nitrogen functional groups attached to an aromatic ring is 1. The van der Waals surface area contributed by atoms with E-state index in [0.717, 1.165) is 6.07 Å². The van der Waals surface area contributed by atoms with Gasteiger partial charge in [-0.25, -0.2) is 8.78 Å². The van der Waals surface area contributed by atoms with Gasteiger partial charge in [0, 0.05) is 11.6 Å². The molecule has 0 aromatic heterocycles. The summed E-state index contributed by atoms with van der Waals surface area (Å²) in [4.78, 5) is 0. The van der Waals surface area contributed by atoms with Crippen molar-refractivity contribution >= 4 is 17.4 Å². The van der Waals surface area contributed by atoms with Crippen molar-refractivity contribution in [3.8, 4) is 5.75 Å². The summed E-state index contributed by atoms with van der Waals surface area (Å²) < 4.78 is 32.5. The normalized spacial score (nSPS) is 10.3. The fraction of sp³-hybridized carbons (Fsp3) is 0.0714. The Morgan fingerprint density at radius 3 is 2.65 bits per heavy atom. The molecule has 0 atom stereocenters. The molecule has 6 heteroatoms. The molecule has 0 aliphatic rings. The van der Waals surface area contributed by atoms with Gasteiger partial charge in [-0.05, 0) is 18.2 Å². The first kappa shape index (κ1) is 14.3. The largest absolute Gasteiger partial charge is 0.489 e. The second kappa shape index (κ2) is 5.88. The topological polar surface area (TPSA) is 59.1 Å². The van der Waals surface area contributed by atoms with Crippen molar-refractivity contribution in [2.24, 2.45) is 5.73 Å². The van der Waals surface area contributed by atoms with Crippen molar-refractivity contribution < 1.29 is 13.5 Å². The number of ether oxygens (including phenoxy) is 1. The van der Waals surface area contributed by atoms with E-state index < -0.39 is 11.6 Å². The highest BCUT2D eigenvalue weighted by molar-refractivity contribution is 6.30. The van der Waals surface area contributed by atoms with Crippen LogP contribution in [0.15, 0.2) is 36.4 Å². The first-order valence-electron chi connectivity index (χ1n) is 5.68. The van der Waals surface area contributed by atoms with Crippen LogP contribution in [-0.4, -0.2) is 5.84 Å². The first-order valence-corrected chi connectivity index (χ1v) is 6.06. The summed E-state index contributed by atoms with van der Waals surface area (Å²) in [5.74, 6) is -1.35. The van der Waals surface area contributed by atoms with Crippen molar-refractivity contribution in [2.45, 2.75) is 6.61 Å². The predicted molar refractivity (Wildman–Crippen MR) is 73.2 cm³/mol. The Kier molecular flexibility index (Phi) is 4.20. The van der Waals surface area contributed by atoms with Gasteiger partial charge in [0.1, 0.15) is 29.8 Å². The third kappa shape index (κ3) is 3.05. The molecule has 0 heterocycles. The molecule has 0 unspecified atom stereocenters. The number of amidine groups is 1. The van der Waals surface area contributed by atoms with Crippen LogP contribution in [0, 0.1) is 17.0 Å². The van der Waals surface area contributed by atoms with E-state index in [1.54, 1.807) is 6.07 Å².